The lowest BCUT2D eigenvalue weighted by atomic mass is 10.0. The summed E-state index contributed by atoms with van der Waals surface area (Å²) in [6.07, 6.45) is 14.2. The number of fused-ring (bicyclic) bond motifs is 12. The van der Waals surface area contributed by atoms with E-state index in [9.17, 15) is 0 Å². The molecule has 0 aliphatic carbocycles. The molecule has 17 nitrogen and oxygen atoms in total. The predicted octanol–water partition coefficient (Wildman–Crippen LogP) is 23.5. The zero-order chi connectivity index (χ0) is 76.1. The normalized spacial score (nSPS) is 12.3. The van der Waals surface area contributed by atoms with E-state index in [0.29, 0.717) is 26.6 Å². The first-order valence-corrected chi connectivity index (χ1v) is 38.7. The van der Waals surface area contributed by atoms with Crippen LogP contribution in [0.4, 0.5) is 0 Å². The summed E-state index contributed by atoms with van der Waals surface area (Å²) in [4.78, 5) is 8.09. The number of thiazole rings is 1. The van der Waals surface area contributed by atoms with Gasteiger partial charge < -0.3 is 46.4 Å². The van der Waals surface area contributed by atoms with Crippen LogP contribution in [0, 0.1) is 0 Å². The molecule has 12 aromatic carbocycles. The first kappa shape index (κ1) is 76.9. The van der Waals surface area contributed by atoms with Gasteiger partial charge >= 0.3 is 0 Å². The first-order valence-electron chi connectivity index (χ1n) is 36.2. The van der Waals surface area contributed by atoms with Crippen molar-refractivity contribution in [3.05, 3.63) is 368 Å². The molecule has 560 valence electrons. The number of furan rings is 2. The second-order valence-electron chi connectivity index (χ2n) is 24.4. The monoisotopic (exact) mass is 1540 g/mol. The van der Waals surface area contributed by atoms with Gasteiger partial charge in [-0.05, 0) is 172 Å². The highest BCUT2D eigenvalue weighted by molar-refractivity contribution is 7.17. The highest BCUT2D eigenvalue weighted by Gasteiger charge is 2.12. The fourth-order valence-corrected chi connectivity index (χ4v) is 13.3. The number of para-hydroxylation sites is 10. The van der Waals surface area contributed by atoms with Crippen LogP contribution in [0.25, 0.3) is 81.3 Å². The number of hydrogen-bond acceptors (Lipinski definition) is 20. The van der Waals surface area contributed by atoms with Gasteiger partial charge in [-0.1, -0.05) is 200 Å². The SMILES string of the molecule is C1=Cc2ccccc2OC1.c1ccc2c(c1)CCCO2.c1ccc2c(c1)CCOC2.c1ccc2c(c1)OCCO2.c1ccc2c(c1)OCO2.c1ccc2cocc2c1.c1ccc2nonc2c1.c1ccc2nsnc2c1.c1ccc2occc2c1.c1ccc2ocnc2c1.c1ccc2sccc2c1.c1ccc2scnc2c1. The van der Waals surface area contributed by atoms with Crippen molar-refractivity contribution in [1.82, 2.24) is 29.0 Å². The Kier molecular flexibility index (Phi) is 29.2. The maximum absolute atomic E-state index is 5.42. The molecule has 0 amide bonds. The third-order valence-corrected chi connectivity index (χ3v) is 19.2. The molecule has 112 heavy (non-hydrogen) atoms. The van der Waals surface area contributed by atoms with Crippen molar-refractivity contribution in [2.75, 3.05) is 39.8 Å². The molecular formula is C92H78N6O11S3. The number of nitrogens with zero attached hydrogens (tertiary/aromatic N) is 6. The zero-order valence-corrected chi connectivity index (χ0v) is 63.4. The van der Waals surface area contributed by atoms with Gasteiger partial charge in [0.25, 0.3) is 0 Å². The van der Waals surface area contributed by atoms with Crippen LogP contribution in [0.5, 0.6) is 34.5 Å². The van der Waals surface area contributed by atoms with Gasteiger partial charge in [-0.15, -0.1) is 22.7 Å². The minimum atomic E-state index is 0.360. The van der Waals surface area contributed by atoms with Crippen molar-refractivity contribution in [3.63, 3.8) is 0 Å². The van der Waals surface area contributed by atoms with E-state index in [0.717, 1.165) is 128 Å². The Balaban J connectivity index is 0.000000107. The van der Waals surface area contributed by atoms with E-state index in [1.165, 1.54) is 61.6 Å². The Morgan fingerprint density at radius 3 is 1.50 bits per heavy atom. The maximum Gasteiger partial charge on any atom is 0.231 e. The van der Waals surface area contributed by atoms with Crippen LogP contribution in [-0.4, -0.2) is 68.9 Å². The molecule has 0 bridgehead atoms. The Labute approximate surface area is 659 Å². The van der Waals surface area contributed by atoms with Crippen LogP contribution in [0.15, 0.2) is 363 Å². The van der Waals surface area contributed by atoms with Gasteiger partial charge in [-0.25, -0.2) is 14.6 Å². The van der Waals surface area contributed by atoms with Gasteiger partial charge in [0.2, 0.25) is 6.79 Å². The lowest BCUT2D eigenvalue weighted by Crippen LogP contribution is -2.14. The van der Waals surface area contributed by atoms with Gasteiger partial charge in [-0.2, -0.15) is 8.75 Å². The number of aromatic nitrogens is 6. The molecule has 0 saturated heterocycles. The van der Waals surface area contributed by atoms with Gasteiger partial charge in [0.05, 0.1) is 66.1 Å². The smallest absolute Gasteiger partial charge is 0.231 e. The van der Waals surface area contributed by atoms with Crippen molar-refractivity contribution in [3.8, 4) is 34.5 Å². The van der Waals surface area contributed by atoms with E-state index < -0.39 is 0 Å². The van der Waals surface area contributed by atoms with Crippen molar-refractivity contribution in [2.45, 2.75) is 25.9 Å². The molecule has 0 N–H and O–H groups in total. The summed E-state index contributed by atoms with van der Waals surface area (Å²) in [5.41, 5.74) is 14.6. The molecule has 19 aromatic rings. The third-order valence-electron chi connectivity index (χ3n) is 16.9. The number of ether oxygens (including phenoxy) is 7. The summed E-state index contributed by atoms with van der Waals surface area (Å²) in [6, 6.07) is 99.7. The summed E-state index contributed by atoms with van der Waals surface area (Å²) in [6.45, 7) is 4.97. The number of hydrogen-bond donors (Lipinski definition) is 0. The number of benzene rings is 12. The zero-order valence-electron chi connectivity index (χ0n) is 61.0. The molecule has 5 aliphatic heterocycles. The minimum Gasteiger partial charge on any atom is -0.493 e. The van der Waals surface area contributed by atoms with Crippen molar-refractivity contribution < 1.29 is 51.0 Å². The minimum absolute atomic E-state index is 0.360. The number of rotatable bonds is 0. The summed E-state index contributed by atoms with van der Waals surface area (Å²) in [5.74, 6) is 5.47. The molecule has 12 heterocycles. The van der Waals surface area contributed by atoms with E-state index in [-0.39, 0.29) is 0 Å². The van der Waals surface area contributed by atoms with Crippen LogP contribution in [0.1, 0.15) is 28.7 Å². The highest BCUT2D eigenvalue weighted by Crippen LogP contribution is 2.31. The average molecular weight is 1540 g/mol. The Morgan fingerprint density at radius 1 is 0.339 bits per heavy atom. The molecule has 0 atom stereocenters. The summed E-state index contributed by atoms with van der Waals surface area (Å²) in [7, 11) is 0. The molecule has 0 saturated carbocycles. The number of oxazole rings is 1. The second-order valence-corrected chi connectivity index (χ2v) is 26.8. The van der Waals surface area contributed by atoms with E-state index >= 15 is 0 Å². The fraction of sp³-hybridized carbons (Fsp3) is 0.109. The molecule has 7 aromatic heterocycles. The lowest BCUT2D eigenvalue weighted by molar-refractivity contribution is 0.111. The molecule has 0 radical (unpaired) electrons. The Bertz CT molecular complexity index is 4890. The van der Waals surface area contributed by atoms with Crippen LogP contribution < -0.4 is 28.4 Å². The number of aryl methyl sites for hydroxylation is 1. The summed E-state index contributed by atoms with van der Waals surface area (Å²) < 4.78 is 67.1. The molecule has 20 heteroatoms. The van der Waals surface area contributed by atoms with Gasteiger partial charge in [0, 0.05) is 26.4 Å². The molecular weight excluding hydrogens is 1460 g/mol. The quantitative estimate of drug-likeness (QED) is 0.139. The van der Waals surface area contributed by atoms with Crippen LogP contribution in [0.3, 0.4) is 0 Å². The van der Waals surface area contributed by atoms with Gasteiger partial charge in [0.1, 0.15) is 64.5 Å². The molecule has 0 spiro atoms. The molecule has 5 aliphatic rings. The lowest BCUT2D eigenvalue weighted by Gasteiger charge is -2.17. The summed E-state index contributed by atoms with van der Waals surface area (Å²) in [5, 5.41) is 14.2. The average Bonchev–Trinajstić information content (AvgIpc) is 1.60. The van der Waals surface area contributed by atoms with E-state index in [1.54, 1.807) is 41.5 Å². The van der Waals surface area contributed by atoms with Crippen LogP contribution >= 0.6 is 34.4 Å². The number of thiophene rings is 1. The van der Waals surface area contributed by atoms with E-state index in [1.807, 2.05) is 242 Å². The highest BCUT2D eigenvalue weighted by atomic mass is 32.1. The second kappa shape index (κ2) is 42.5. The molecule has 24 rings (SSSR count). The van der Waals surface area contributed by atoms with Crippen molar-refractivity contribution in [2.24, 2.45) is 0 Å². The van der Waals surface area contributed by atoms with E-state index in [4.69, 9.17) is 46.4 Å². The standard InChI is InChI=1S/C9H10O.C9H8O.C9H10O.C8H8O2.2C8H6O.C8H6S.C7H5NO.C7H5NS.C7H6O2.C6H4N2O.C6H4N2S/c2*1-2-6-9-8(4-1)5-3-7-10-9;1-2-4-9-7-10-6-5-8(9)3-1;1-2-4-8-7(3-1)9-5-6-10-8;1-2-4-8-6-9-5-7(8)3-1;2*1-2-4-8-7(3-1)5-6-9-8;3*1-2-4-7-6(3-1)8-5-9-7;2*1-2-4-6-5(3-1)7-9-8-6/h1-2,4,6H,3,5,7H2;1-6H,7H2;1-4H,5-7H2;1-4H,5-6H2;3*1-6H;2*1-5H;1-4H,5H2;2*1-4H. The van der Waals surface area contributed by atoms with Gasteiger partial charge in [-0.3, -0.25) is 0 Å². The Hall–Kier alpha value is -13.2. The largest absolute Gasteiger partial charge is 0.493 e. The molecule has 0 fully saturated rings. The van der Waals surface area contributed by atoms with Crippen molar-refractivity contribution >= 4 is 116 Å². The predicted molar refractivity (Wildman–Crippen MR) is 448 cm³/mol. The summed E-state index contributed by atoms with van der Waals surface area (Å²) >= 11 is 4.72. The first-order chi connectivity index (χ1) is 55.6. The van der Waals surface area contributed by atoms with Crippen LogP contribution in [0.2, 0.25) is 0 Å². The fourth-order valence-electron chi connectivity index (χ4n) is 11.3. The Morgan fingerprint density at radius 2 is 0.866 bits per heavy atom. The maximum atomic E-state index is 5.42. The van der Waals surface area contributed by atoms with Crippen molar-refractivity contribution in [1.29, 1.82) is 0 Å². The topological polar surface area (TPSA) is 195 Å². The molecule has 0 unspecified atom stereocenters. The van der Waals surface area contributed by atoms with Gasteiger partial charge in [0.15, 0.2) is 35.0 Å². The third kappa shape index (κ3) is 23.4. The van der Waals surface area contributed by atoms with E-state index in [2.05, 4.69) is 118 Å². The van der Waals surface area contributed by atoms with Crippen LogP contribution in [-0.2, 0) is 24.2 Å².